The second-order valence-corrected chi connectivity index (χ2v) is 6.30. The normalized spacial score (nSPS) is 12.4. The lowest BCUT2D eigenvalue weighted by Gasteiger charge is -2.17. The first kappa shape index (κ1) is 14.2. The summed E-state index contributed by atoms with van der Waals surface area (Å²) in [6.45, 7) is 13.1. The van der Waals surface area contributed by atoms with Crippen molar-refractivity contribution in [2.75, 3.05) is 0 Å². The van der Waals surface area contributed by atoms with Crippen LogP contribution in [-0.2, 0) is 13.1 Å². The first-order chi connectivity index (χ1) is 7.87. The van der Waals surface area contributed by atoms with Crippen LogP contribution in [0.3, 0.4) is 0 Å². The highest BCUT2D eigenvalue weighted by Gasteiger charge is 2.09. The highest BCUT2D eigenvalue weighted by atomic mass is 15.0. The topological polar surface area (TPSA) is 29.9 Å². The van der Waals surface area contributed by atoms with Crippen LogP contribution in [0.15, 0.2) is 12.5 Å². The van der Waals surface area contributed by atoms with Gasteiger partial charge in [0.15, 0.2) is 0 Å². The fourth-order valence-corrected chi connectivity index (χ4v) is 1.72. The molecule has 3 heteroatoms. The number of nitrogens with zero attached hydrogens (tertiary/aromatic N) is 2. The molecule has 0 aliphatic heterocycles. The van der Waals surface area contributed by atoms with Crippen molar-refractivity contribution in [2.24, 2.45) is 5.41 Å². The maximum Gasteiger partial charge on any atom is 0.0949 e. The molecule has 1 heterocycles. The predicted molar refractivity (Wildman–Crippen MR) is 72.9 cm³/mol. The van der Waals surface area contributed by atoms with E-state index in [4.69, 9.17) is 0 Å². The number of aryl methyl sites for hydroxylation is 1. The average molecular weight is 237 g/mol. The Kier molecular flexibility index (Phi) is 5.19. The number of aromatic nitrogens is 2. The molecule has 0 radical (unpaired) electrons. The van der Waals surface area contributed by atoms with Gasteiger partial charge in [0, 0.05) is 25.3 Å². The molecule has 98 valence electrons. The molecule has 0 aliphatic rings. The van der Waals surface area contributed by atoms with E-state index in [9.17, 15) is 0 Å². The molecular formula is C14H27N3. The van der Waals surface area contributed by atoms with E-state index in [-0.39, 0.29) is 0 Å². The number of hydrogen-bond donors (Lipinski definition) is 1. The van der Waals surface area contributed by atoms with Gasteiger partial charge in [-0.1, -0.05) is 34.6 Å². The Morgan fingerprint density at radius 3 is 2.65 bits per heavy atom. The van der Waals surface area contributed by atoms with Gasteiger partial charge in [0.25, 0.3) is 0 Å². The Bertz CT molecular complexity index is 320. The van der Waals surface area contributed by atoms with Gasteiger partial charge >= 0.3 is 0 Å². The summed E-state index contributed by atoms with van der Waals surface area (Å²) in [5.74, 6) is 0. The smallest absolute Gasteiger partial charge is 0.0949 e. The molecule has 1 aromatic heterocycles. The van der Waals surface area contributed by atoms with Crippen LogP contribution in [0.4, 0.5) is 0 Å². The number of hydrogen-bond acceptors (Lipinski definition) is 2. The standard InChI is InChI=1S/C14H27N3/c1-12(2)15-9-13-10-17(11-16-13)8-6-7-14(3,4)5/h10-12,15H,6-9H2,1-5H3. The van der Waals surface area contributed by atoms with Crippen molar-refractivity contribution >= 4 is 0 Å². The largest absolute Gasteiger partial charge is 0.337 e. The maximum absolute atomic E-state index is 4.40. The third-order valence-corrected chi connectivity index (χ3v) is 2.72. The van der Waals surface area contributed by atoms with Gasteiger partial charge in [-0.3, -0.25) is 0 Å². The molecule has 0 aromatic carbocycles. The summed E-state index contributed by atoms with van der Waals surface area (Å²) in [5, 5.41) is 3.38. The maximum atomic E-state index is 4.40. The van der Waals surface area contributed by atoms with Gasteiger partial charge in [-0.15, -0.1) is 0 Å². The molecular weight excluding hydrogens is 210 g/mol. The van der Waals surface area contributed by atoms with Crippen LogP contribution in [0.25, 0.3) is 0 Å². The van der Waals surface area contributed by atoms with Crippen LogP contribution < -0.4 is 5.32 Å². The molecule has 1 N–H and O–H groups in total. The van der Waals surface area contributed by atoms with Gasteiger partial charge in [0.2, 0.25) is 0 Å². The Labute approximate surface area is 106 Å². The van der Waals surface area contributed by atoms with E-state index < -0.39 is 0 Å². The molecule has 0 bridgehead atoms. The molecule has 17 heavy (non-hydrogen) atoms. The van der Waals surface area contributed by atoms with Crippen molar-refractivity contribution in [2.45, 2.75) is 66.6 Å². The highest BCUT2D eigenvalue weighted by Crippen LogP contribution is 2.20. The summed E-state index contributed by atoms with van der Waals surface area (Å²) >= 11 is 0. The van der Waals surface area contributed by atoms with E-state index in [1.165, 1.54) is 12.8 Å². The third-order valence-electron chi connectivity index (χ3n) is 2.72. The summed E-state index contributed by atoms with van der Waals surface area (Å²) in [6.07, 6.45) is 6.57. The van der Waals surface area contributed by atoms with Crippen LogP contribution in [-0.4, -0.2) is 15.6 Å². The number of nitrogens with one attached hydrogen (secondary N) is 1. The molecule has 1 aromatic rings. The van der Waals surface area contributed by atoms with Crippen molar-refractivity contribution < 1.29 is 0 Å². The zero-order chi connectivity index (χ0) is 12.9. The Morgan fingerprint density at radius 2 is 2.06 bits per heavy atom. The van der Waals surface area contributed by atoms with Crippen molar-refractivity contribution in [1.82, 2.24) is 14.9 Å². The predicted octanol–water partition coefficient (Wildman–Crippen LogP) is 3.21. The van der Waals surface area contributed by atoms with Crippen LogP contribution >= 0.6 is 0 Å². The van der Waals surface area contributed by atoms with Gasteiger partial charge in [0.05, 0.1) is 12.0 Å². The molecule has 0 atom stereocenters. The van der Waals surface area contributed by atoms with Crippen LogP contribution in [0.5, 0.6) is 0 Å². The van der Waals surface area contributed by atoms with Gasteiger partial charge in [-0.25, -0.2) is 4.98 Å². The SMILES string of the molecule is CC(C)NCc1cn(CCCC(C)(C)C)cn1. The van der Waals surface area contributed by atoms with E-state index in [1.807, 2.05) is 6.33 Å². The van der Waals surface area contributed by atoms with Gasteiger partial charge in [-0.2, -0.15) is 0 Å². The van der Waals surface area contributed by atoms with E-state index in [0.29, 0.717) is 11.5 Å². The first-order valence-corrected chi connectivity index (χ1v) is 6.61. The molecule has 0 saturated carbocycles. The first-order valence-electron chi connectivity index (χ1n) is 6.61. The molecule has 0 aliphatic carbocycles. The van der Waals surface area contributed by atoms with Gasteiger partial charge in [0.1, 0.15) is 0 Å². The molecule has 0 unspecified atom stereocenters. The zero-order valence-corrected chi connectivity index (χ0v) is 12.0. The second-order valence-electron chi connectivity index (χ2n) is 6.30. The lowest BCUT2D eigenvalue weighted by atomic mass is 9.91. The van der Waals surface area contributed by atoms with E-state index in [1.54, 1.807) is 0 Å². The van der Waals surface area contributed by atoms with Crippen LogP contribution in [0.2, 0.25) is 0 Å². The molecule has 0 saturated heterocycles. The Balaban J connectivity index is 2.31. The van der Waals surface area contributed by atoms with Crippen LogP contribution in [0, 0.1) is 5.41 Å². The molecule has 0 fully saturated rings. The summed E-state index contributed by atoms with van der Waals surface area (Å²) in [6, 6.07) is 0.515. The average Bonchev–Trinajstić information content (AvgIpc) is 2.61. The molecule has 3 nitrogen and oxygen atoms in total. The van der Waals surface area contributed by atoms with Crippen molar-refractivity contribution in [3.63, 3.8) is 0 Å². The highest BCUT2D eigenvalue weighted by molar-refractivity contribution is 4.96. The zero-order valence-electron chi connectivity index (χ0n) is 12.0. The summed E-state index contributed by atoms with van der Waals surface area (Å²) < 4.78 is 2.20. The summed E-state index contributed by atoms with van der Waals surface area (Å²) in [7, 11) is 0. The quantitative estimate of drug-likeness (QED) is 0.823. The third kappa shape index (κ3) is 6.47. The summed E-state index contributed by atoms with van der Waals surface area (Å²) in [4.78, 5) is 4.40. The summed E-state index contributed by atoms with van der Waals surface area (Å²) in [5.41, 5.74) is 1.57. The van der Waals surface area contributed by atoms with Crippen molar-refractivity contribution in [3.05, 3.63) is 18.2 Å². The molecule has 0 amide bonds. The van der Waals surface area contributed by atoms with E-state index in [2.05, 4.69) is 55.7 Å². The fourth-order valence-electron chi connectivity index (χ4n) is 1.72. The second kappa shape index (κ2) is 6.20. The Hall–Kier alpha value is -0.830. The van der Waals surface area contributed by atoms with Gasteiger partial charge in [-0.05, 0) is 18.3 Å². The van der Waals surface area contributed by atoms with Crippen molar-refractivity contribution in [1.29, 1.82) is 0 Å². The minimum Gasteiger partial charge on any atom is -0.337 e. The van der Waals surface area contributed by atoms with E-state index in [0.717, 1.165) is 18.8 Å². The molecule has 0 spiro atoms. The van der Waals surface area contributed by atoms with Crippen molar-refractivity contribution in [3.8, 4) is 0 Å². The van der Waals surface area contributed by atoms with Crippen LogP contribution in [0.1, 0.15) is 53.2 Å². The minimum atomic E-state index is 0.433. The monoisotopic (exact) mass is 237 g/mol. The lowest BCUT2D eigenvalue weighted by molar-refractivity contribution is 0.353. The fraction of sp³-hybridized carbons (Fsp3) is 0.786. The molecule has 1 rings (SSSR count). The van der Waals surface area contributed by atoms with Gasteiger partial charge < -0.3 is 9.88 Å². The number of rotatable bonds is 6. The minimum absolute atomic E-state index is 0.433. The number of imidazole rings is 1. The Morgan fingerprint density at radius 1 is 1.35 bits per heavy atom. The lowest BCUT2D eigenvalue weighted by Crippen LogP contribution is -2.21. The van der Waals surface area contributed by atoms with E-state index >= 15 is 0 Å².